The summed E-state index contributed by atoms with van der Waals surface area (Å²) in [7, 11) is 0. The van der Waals surface area contributed by atoms with E-state index in [-0.39, 0.29) is 13.0 Å². The van der Waals surface area contributed by atoms with E-state index in [1.807, 2.05) is 12.1 Å². The van der Waals surface area contributed by atoms with Gasteiger partial charge in [-0.2, -0.15) is 13.2 Å². The quantitative estimate of drug-likeness (QED) is 0.248. The molecule has 0 aliphatic carbocycles. The molecule has 176 valence electrons. The topological polar surface area (TPSA) is 9.23 Å². The molecule has 3 aromatic rings. The molecule has 0 aromatic heterocycles. The van der Waals surface area contributed by atoms with Gasteiger partial charge in [0.2, 0.25) is 0 Å². The standard InChI is InChI=1S/C29H33F3O/c1-2-3-4-5-6-8-23-9-11-24(12-10-23)25-13-15-26(16-14-25)27-17-19-28(20-18-27)33-22-7-21-29(30,31)32/h9-20H,2-8,21-22H2,1H3. The maximum absolute atomic E-state index is 12.2. The van der Waals surface area contributed by atoms with E-state index in [1.54, 1.807) is 12.1 Å². The van der Waals surface area contributed by atoms with Crippen molar-refractivity contribution in [1.29, 1.82) is 0 Å². The van der Waals surface area contributed by atoms with E-state index in [0.717, 1.165) is 17.5 Å². The number of rotatable bonds is 12. The van der Waals surface area contributed by atoms with E-state index in [2.05, 4.69) is 55.5 Å². The van der Waals surface area contributed by atoms with Crippen LogP contribution in [0.25, 0.3) is 22.3 Å². The highest BCUT2D eigenvalue weighted by molar-refractivity contribution is 5.70. The fraction of sp³-hybridized carbons (Fsp3) is 0.379. The minimum absolute atomic E-state index is 0.0351. The van der Waals surface area contributed by atoms with E-state index in [4.69, 9.17) is 4.74 Å². The molecule has 3 aromatic carbocycles. The number of unbranched alkanes of at least 4 members (excludes halogenated alkanes) is 4. The molecule has 0 saturated heterocycles. The molecule has 0 spiro atoms. The SMILES string of the molecule is CCCCCCCc1ccc(-c2ccc(-c3ccc(OCCCC(F)(F)F)cc3)cc2)cc1. The summed E-state index contributed by atoms with van der Waals surface area (Å²) in [4.78, 5) is 0. The van der Waals surface area contributed by atoms with Crippen LogP contribution in [-0.4, -0.2) is 12.8 Å². The van der Waals surface area contributed by atoms with Gasteiger partial charge in [0.05, 0.1) is 6.61 Å². The Morgan fingerprint density at radius 2 is 1.09 bits per heavy atom. The first kappa shape index (κ1) is 24.9. The first-order valence-corrected chi connectivity index (χ1v) is 11.9. The number of ether oxygens (including phenoxy) is 1. The fourth-order valence-corrected chi connectivity index (χ4v) is 3.86. The zero-order valence-corrected chi connectivity index (χ0v) is 19.3. The second kappa shape index (κ2) is 12.5. The zero-order valence-electron chi connectivity index (χ0n) is 19.3. The maximum Gasteiger partial charge on any atom is 0.389 e. The number of aryl methyl sites for hydroxylation is 1. The largest absolute Gasteiger partial charge is 0.494 e. The van der Waals surface area contributed by atoms with Crippen molar-refractivity contribution < 1.29 is 17.9 Å². The van der Waals surface area contributed by atoms with E-state index in [0.29, 0.717) is 5.75 Å². The van der Waals surface area contributed by atoms with Crippen molar-refractivity contribution in [3.8, 4) is 28.0 Å². The Labute approximate surface area is 195 Å². The molecule has 1 nitrogen and oxygen atoms in total. The minimum atomic E-state index is -4.13. The van der Waals surface area contributed by atoms with Gasteiger partial charge in [-0.15, -0.1) is 0 Å². The van der Waals surface area contributed by atoms with Crippen molar-refractivity contribution in [2.45, 2.75) is 64.5 Å². The zero-order chi connectivity index (χ0) is 23.5. The van der Waals surface area contributed by atoms with Gasteiger partial charge < -0.3 is 4.74 Å². The Kier molecular flexibility index (Phi) is 9.41. The van der Waals surface area contributed by atoms with Crippen LogP contribution in [0.1, 0.15) is 57.4 Å². The van der Waals surface area contributed by atoms with E-state index in [1.165, 1.54) is 48.8 Å². The molecule has 0 radical (unpaired) electrons. The van der Waals surface area contributed by atoms with Gasteiger partial charge >= 0.3 is 6.18 Å². The molecule has 0 amide bonds. The first-order valence-electron chi connectivity index (χ1n) is 11.9. The lowest BCUT2D eigenvalue weighted by atomic mass is 9.98. The summed E-state index contributed by atoms with van der Waals surface area (Å²) in [5.74, 6) is 0.586. The van der Waals surface area contributed by atoms with E-state index < -0.39 is 12.6 Å². The van der Waals surface area contributed by atoms with Crippen LogP contribution in [-0.2, 0) is 6.42 Å². The molecular formula is C29H33F3O. The molecule has 0 heterocycles. The van der Waals surface area contributed by atoms with Gasteiger partial charge in [0.1, 0.15) is 5.75 Å². The molecule has 0 saturated carbocycles. The van der Waals surface area contributed by atoms with Crippen molar-refractivity contribution in [2.75, 3.05) is 6.61 Å². The molecule has 0 aliphatic heterocycles. The molecule has 3 rings (SSSR count). The highest BCUT2D eigenvalue weighted by atomic mass is 19.4. The summed E-state index contributed by atoms with van der Waals surface area (Å²) in [6.07, 6.45) is 2.66. The summed E-state index contributed by atoms with van der Waals surface area (Å²) in [5.41, 5.74) is 5.91. The molecule has 0 N–H and O–H groups in total. The third kappa shape index (κ3) is 8.60. The first-order chi connectivity index (χ1) is 15.9. The van der Waals surface area contributed by atoms with Crippen LogP contribution in [0.2, 0.25) is 0 Å². The summed E-state index contributed by atoms with van der Waals surface area (Å²) in [6.45, 7) is 2.30. The molecule has 0 atom stereocenters. The summed E-state index contributed by atoms with van der Waals surface area (Å²) < 4.78 is 42.0. The van der Waals surface area contributed by atoms with Crippen LogP contribution in [0.15, 0.2) is 72.8 Å². The second-order valence-electron chi connectivity index (χ2n) is 8.53. The lowest BCUT2D eigenvalue weighted by molar-refractivity contribution is -0.136. The predicted molar refractivity (Wildman–Crippen MR) is 131 cm³/mol. The summed E-state index contributed by atoms with van der Waals surface area (Å²) >= 11 is 0. The highest BCUT2D eigenvalue weighted by Gasteiger charge is 2.26. The van der Waals surface area contributed by atoms with Crippen molar-refractivity contribution in [1.82, 2.24) is 0 Å². The fourth-order valence-electron chi connectivity index (χ4n) is 3.86. The van der Waals surface area contributed by atoms with Gasteiger partial charge in [-0.1, -0.05) is 93.3 Å². The van der Waals surface area contributed by atoms with Crippen LogP contribution < -0.4 is 4.74 Å². The average molecular weight is 455 g/mol. The van der Waals surface area contributed by atoms with Crippen molar-refractivity contribution in [3.63, 3.8) is 0 Å². The average Bonchev–Trinajstić information content (AvgIpc) is 2.82. The van der Waals surface area contributed by atoms with Crippen molar-refractivity contribution in [2.24, 2.45) is 0 Å². The molecule has 0 bridgehead atoms. The maximum atomic E-state index is 12.2. The number of hydrogen-bond acceptors (Lipinski definition) is 1. The molecular weight excluding hydrogens is 421 g/mol. The molecule has 0 unspecified atom stereocenters. The third-order valence-electron chi connectivity index (χ3n) is 5.80. The van der Waals surface area contributed by atoms with Gasteiger partial charge in [-0.3, -0.25) is 0 Å². The van der Waals surface area contributed by atoms with Crippen molar-refractivity contribution >= 4 is 0 Å². The lowest BCUT2D eigenvalue weighted by Gasteiger charge is -2.09. The molecule has 0 fully saturated rings. The second-order valence-corrected chi connectivity index (χ2v) is 8.53. The number of benzene rings is 3. The van der Waals surface area contributed by atoms with Gasteiger partial charge in [0, 0.05) is 6.42 Å². The van der Waals surface area contributed by atoms with Crippen LogP contribution in [0, 0.1) is 0 Å². The van der Waals surface area contributed by atoms with E-state index >= 15 is 0 Å². The lowest BCUT2D eigenvalue weighted by Crippen LogP contribution is -2.09. The van der Waals surface area contributed by atoms with Gasteiger partial charge in [-0.25, -0.2) is 0 Å². The summed E-state index contributed by atoms with van der Waals surface area (Å²) in [6, 6.07) is 24.8. The molecule has 4 heteroatoms. The van der Waals surface area contributed by atoms with Crippen LogP contribution in [0.4, 0.5) is 13.2 Å². The van der Waals surface area contributed by atoms with Crippen LogP contribution in [0.3, 0.4) is 0 Å². The monoisotopic (exact) mass is 454 g/mol. The van der Waals surface area contributed by atoms with Crippen LogP contribution >= 0.6 is 0 Å². The third-order valence-corrected chi connectivity index (χ3v) is 5.80. The Morgan fingerprint density at radius 3 is 1.61 bits per heavy atom. The highest BCUT2D eigenvalue weighted by Crippen LogP contribution is 2.27. The van der Waals surface area contributed by atoms with Gasteiger partial charge in [-0.05, 0) is 59.2 Å². The number of alkyl halides is 3. The predicted octanol–water partition coefficient (Wildman–Crippen LogP) is 9.25. The van der Waals surface area contributed by atoms with E-state index in [9.17, 15) is 13.2 Å². The Hall–Kier alpha value is -2.75. The Bertz CT molecular complexity index is 942. The number of hydrogen-bond donors (Lipinski definition) is 0. The van der Waals surface area contributed by atoms with Crippen LogP contribution in [0.5, 0.6) is 5.75 Å². The molecule has 33 heavy (non-hydrogen) atoms. The Morgan fingerprint density at radius 1 is 0.606 bits per heavy atom. The normalized spacial score (nSPS) is 11.5. The summed E-state index contributed by atoms with van der Waals surface area (Å²) in [5, 5.41) is 0. The van der Waals surface area contributed by atoms with Gasteiger partial charge in [0.15, 0.2) is 0 Å². The van der Waals surface area contributed by atoms with Crippen molar-refractivity contribution in [3.05, 3.63) is 78.4 Å². The Balaban J connectivity index is 1.51. The van der Waals surface area contributed by atoms with Gasteiger partial charge in [0.25, 0.3) is 0 Å². The minimum Gasteiger partial charge on any atom is -0.494 e. The molecule has 0 aliphatic rings. The number of halogens is 3. The smallest absolute Gasteiger partial charge is 0.389 e.